The number of esters is 1. The molecule has 4 heterocycles. The molecule has 0 saturated heterocycles. The van der Waals surface area contributed by atoms with Crippen LogP contribution in [0.4, 0.5) is 34.9 Å². The van der Waals surface area contributed by atoms with Gasteiger partial charge >= 0.3 is 11.9 Å². The quantitative estimate of drug-likeness (QED) is 0.0721. The summed E-state index contributed by atoms with van der Waals surface area (Å²) >= 11 is 0. The summed E-state index contributed by atoms with van der Waals surface area (Å²) in [5.41, 5.74) is 2.06. The van der Waals surface area contributed by atoms with Crippen molar-refractivity contribution in [1.82, 2.24) is 29.9 Å². The number of nitrogens with one attached hydrogen (secondary N) is 4. The van der Waals surface area contributed by atoms with Gasteiger partial charge in [-0.15, -0.1) is 0 Å². The molecule has 0 amide bonds. The number of carbonyl (C=O) groups excluding carboxylic acids is 1. The standard InChI is InChI=1S/C19H21N5O2.C17H17N5O2.2CH4/c1-3-8-21-17-16(18(25)26-4-2)12-22-19(24-17)23-15-6-5-14-11-20-9-7-13(14)10-15;1-2-6-19-15-14(16(23)24)10-20-17(22-15)21-13-4-3-12-9-18-7-5-11(12)8-13;;/h5-7,9-12H,3-4,8H2,1-2H3,(H2,21,22,23,24);3-5,7-10H,2,6H2,1H3,(H,23,24)(H2,19,20,21,22);2*1H4. The van der Waals surface area contributed by atoms with Gasteiger partial charge in [-0.05, 0) is 66.9 Å². The Morgan fingerprint density at radius 3 is 1.60 bits per heavy atom. The Hall–Kier alpha value is -6.44. The molecule has 52 heavy (non-hydrogen) atoms. The third kappa shape index (κ3) is 10.5. The smallest absolute Gasteiger partial charge is 0.343 e. The molecule has 6 rings (SSSR count). The van der Waals surface area contributed by atoms with Gasteiger partial charge in [0.15, 0.2) is 0 Å². The number of ether oxygens (including phenoxy) is 1. The van der Waals surface area contributed by atoms with E-state index in [4.69, 9.17) is 4.74 Å². The molecule has 2 aromatic carbocycles. The minimum atomic E-state index is -1.06. The number of carboxylic acids is 1. The lowest BCUT2D eigenvalue weighted by molar-refractivity contribution is 0.0526. The molecule has 5 N–H and O–H groups in total. The fraction of sp³-hybridized carbons (Fsp3) is 0.263. The number of benzene rings is 2. The first-order chi connectivity index (χ1) is 24.4. The van der Waals surface area contributed by atoms with Crippen molar-refractivity contribution >= 4 is 68.4 Å². The van der Waals surface area contributed by atoms with Crippen molar-refractivity contribution < 1.29 is 19.4 Å². The first kappa shape index (κ1) is 40.0. The highest BCUT2D eigenvalue weighted by Gasteiger charge is 2.16. The van der Waals surface area contributed by atoms with E-state index in [1.165, 1.54) is 12.4 Å². The van der Waals surface area contributed by atoms with Crippen molar-refractivity contribution in [2.45, 2.75) is 48.5 Å². The van der Waals surface area contributed by atoms with Gasteiger partial charge < -0.3 is 31.1 Å². The van der Waals surface area contributed by atoms with E-state index in [-0.39, 0.29) is 20.4 Å². The number of hydrogen-bond acceptors (Lipinski definition) is 13. The second-order valence-corrected chi connectivity index (χ2v) is 10.9. The molecular formula is C38H46N10O4. The van der Waals surface area contributed by atoms with Crippen molar-refractivity contribution in [3.63, 3.8) is 0 Å². The molecule has 0 unspecified atom stereocenters. The van der Waals surface area contributed by atoms with E-state index < -0.39 is 11.9 Å². The summed E-state index contributed by atoms with van der Waals surface area (Å²) in [4.78, 5) is 48.6. The highest BCUT2D eigenvalue weighted by Crippen LogP contribution is 2.24. The van der Waals surface area contributed by atoms with Crippen molar-refractivity contribution in [3.8, 4) is 0 Å². The number of nitrogens with zero attached hydrogens (tertiary/aromatic N) is 6. The van der Waals surface area contributed by atoms with Gasteiger partial charge in [0.2, 0.25) is 11.9 Å². The Kier molecular flexibility index (Phi) is 15.1. The normalized spacial score (nSPS) is 10.1. The molecule has 0 fully saturated rings. The zero-order chi connectivity index (χ0) is 35.3. The van der Waals surface area contributed by atoms with Crippen LogP contribution in [0.3, 0.4) is 0 Å². The summed E-state index contributed by atoms with van der Waals surface area (Å²) in [6.07, 6.45) is 11.7. The van der Waals surface area contributed by atoms with Crippen LogP contribution in [0.25, 0.3) is 21.5 Å². The molecule has 0 radical (unpaired) electrons. The van der Waals surface area contributed by atoms with Crippen molar-refractivity contribution in [1.29, 1.82) is 0 Å². The second kappa shape index (κ2) is 19.7. The van der Waals surface area contributed by atoms with Gasteiger partial charge in [0.25, 0.3) is 0 Å². The van der Waals surface area contributed by atoms with Gasteiger partial charge in [-0.3, -0.25) is 9.97 Å². The number of carboxylic acid groups (broad SMARTS) is 1. The molecule has 14 nitrogen and oxygen atoms in total. The van der Waals surface area contributed by atoms with Gasteiger partial charge in [-0.2, -0.15) is 9.97 Å². The summed E-state index contributed by atoms with van der Waals surface area (Å²) in [5.74, 6) is 0.0333. The van der Waals surface area contributed by atoms with Crippen molar-refractivity contribution in [2.24, 2.45) is 0 Å². The average molecular weight is 707 g/mol. The summed E-state index contributed by atoms with van der Waals surface area (Å²) in [7, 11) is 0. The Labute approximate surface area is 303 Å². The van der Waals surface area contributed by atoms with E-state index in [0.29, 0.717) is 48.8 Å². The van der Waals surface area contributed by atoms with E-state index >= 15 is 0 Å². The average Bonchev–Trinajstić information content (AvgIpc) is 3.13. The lowest BCUT2D eigenvalue weighted by Gasteiger charge is -2.12. The van der Waals surface area contributed by atoms with E-state index in [9.17, 15) is 14.7 Å². The number of hydrogen-bond donors (Lipinski definition) is 5. The minimum Gasteiger partial charge on any atom is -0.477 e. The number of fused-ring (bicyclic) bond motifs is 2. The summed E-state index contributed by atoms with van der Waals surface area (Å²) in [6.45, 7) is 7.45. The minimum absolute atomic E-state index is 0. The lowest BCUT2D eigenvalue weighted by Crippen LogP contribution is -2.13. The topological polar surface area (TPSA) is 189 Å². The second-order valence-electron chi connectivity index (χ2n) is 10.9. The van der Waals surface area contributed by atoms with Crippen molar-refractivity contribution in [3.05, 3.63) is 96.8 Å². The molecule has 0 aliphatic carbocycles. The van der Waals surface area contributed by atoms with E-state index in [2.05, 4.69) is 51.2 Å². The summed E-state index contributed by atoms with van der Waals surface area (Å²) in [5, 5.41) is 25.9. The van der Waals surface area contributed by atoms with Gasteiger partial charge in [-0.25, -0.2) is 19.6 Å². The first-order valence-electron chi connectivity index (χ1n) is 16.2. The predicted molar refractivity (Wildman–Crippen MR) is 208 cm³/mol. The highest BCUT2D eigenvalue weighted by molar-refractivity contribution is 5.95. The number of rotatable bonds is 13. The predicted octanol–water partition coefficient (Wildman–Crippen LogP) is 8.33. The Morgan fingerprint density at radius 2 is 1.13 bits per heavy atom. The number of aromatic carboxylic acids is 1. The first-order valence-corrected chi connectivity index (χ1v) is 16.2. The maximum absolute atomic E-state index is 12.1. The molecule has 0 atom stereocenters. The monoisotopic (exact) mass is 706 g/mol. The van der Waals surface area contributed by atoms with Gasteiger partial charge in [0.05, 0.1) is 6.61 Å². The van der Waals surface area contributed by atoms with Crippen LogP contribution in [-0.2, 0) is 4.74 Å². The van der Waals surface area contributed by atoms with Crippen LogP contribution in [0.5, 0.6) is 0 Å². The van der Waals surface area contributed by atoms with E-state index in [0.717, 1.165) is 45.8 Å². The molecule has 6 aromatic rings. The van der Waals surface area contributed by atoms with Gasteiger partial charge in [0.1, 0.15) is 22.8 Å². The van der Waals surface area contributed by atoms with Crippen LogP contribution in [-0.4, -0.2) is 66.6 Å². The highest BCUT2D eigenvalue weighted by atomic mass is 16.5. The third-order valence-electron chi connectivity index (χ3n) is 7.18. The molecule has 0 aliphatic heterocycles. The summed E-state index contributed by atoms with van der Waals surface area (Å²) in [6, 6.07) is 15.6. The number of anilines is 6. The number of aromatic nitrogens is 6. The molecule has 14 heteroatoms. The van der Waals surface area contributed by atoms with Crippen LogP contribution in [0, 0.1) is 0 Å². The van der Waals surface area contributed by atoms with Crippen LogP contribution in [0.15, 0.2) is 85.7 Å². The Balaban J connectivity index is 0.000000271. The largest absolute Gasteiger partial charge is 0.477 e. The van der Waals surface area contributed by atoms with Crippen LogP contribution >= 0.6 is 0 Å². The Bertz CT molecular complexity index is 2090. The number of pyridine rings is 2. The third-order valence-corrected chi connectivity index (χ3v) is 7.18. The molecular weight excluding hydrogens is 660 g/mol. The number of carbonyl (C=O) groups is 2. The van der Waals surface area contributed by atoms with Crippen molar-refractivity contribution in [2.75, 3.05) is 41.0 Å². The molecule has 0 aliphatic rings. The molecule has 0 bridgehead atoms. The summed E-state index contributed by atoms with van der Waals surface area (Å²) < 4.78 is 5.07. The zero-order valence-corrected chi connectivity index (χ0v) is 28.0. The fourth-order valence-electron chi connectivity index (χ4n) is 4.74. The molecule has 0 saturated carbocycles. The van der Waals surface area contributed by atoms with Gasteiger partial charge in [0, 0.05) is 72.4 Å². The van der Waals surface area contributed by atoms with E-state index in [1.807, 2.05) is 68.6 Å². The molecule has 0 spiro atoms. The molecule has 272 valence electrons. The zero-order valence-electron chi connectivity index (χ0n) is 28.0. The lowest BCUT2D eigenvalue weighted by atomic mass is 10.1. The molecule has 4 aromatic heterocycles. The van der Waals surface area contributed by atoms with Gasteiger partial charge in [-0.1, -0.05) is 40.8 Å². The van der Waals surface area contributed by atoms with Crippen LogP contribution in [0.2, 0.25) is 0 Å². The SMILES string of the molecule is C.C.CCCNc1nc(Nc2ccc3cnccc3c2)ncc1C(=O)O.CCCNc1nc(Nc2ccc3cnccc3c2)ncc1C(=O)OCC. The van der Waals surface area contributed by atoms with Crippen LogP contribution < -0.4 is 21.3 Å². The Morgan fingerprint density at radius 1 is 0.654 bits per heavy atom. The maximum Gasteiger partial charge on any atom is 0.343 e. The maximum atomic E-state index is 12.1. The van der Waals surface area contributed by atoms with E-state index in [1.54, 1.807) is 25.5 Å². The fourth-order valence-corrected chi connectivity index (χ4v) is 4.74. The van der Waals surface area contributed by atoms with Crippen LogP contribution in [0.1, 0.15) is 69.2 Å².